The SMILES string of the molecule is COc1ccc(NCCC(=O)c2ccc(Cl)cc2)cc1. The molecule has 0 fully saturated rings. The molecule has 3 nitrogen and oxygen atoms in total. The highest BCUT2D eigenvalue weighted by molar-refractivity contribution is 6.30. The average molecular weight is 290 g/mol. The van der Waals surface area contributed by atoms with Gasteiger partial charge in [0.2, 0.25) is 0 Å². The van der Waals surface area contributed by atoms with Crippen molar-refractivity contribution < 1.29 is 9.53 Å². The highest BCUT2D eigenvalue weighted by atomic mass is 35.5. The number of hydrogen-bond acceptors (Lipinski definition) is 3. The maximum atomic E-state index is 11.9. The molecule has 0 aliphatic rings. The molecule has 0 amide bonds. The molecule has 0 unspecified atom stereocenters. The third-order valence-electron chi connectivity index (χ3n) is 2.94. The summed E-state index contributed by atoms with van der Waals surface area (Å²) < 4.78 is 5.09. The van der Waals surface area contributed by atoms with Crippen LogP contribution in [-0.4, -0.2) is 19.4 Å². The van der Waals surface area contributed by atoms with Crippen molar-refractivity contribution in [3.05, 3.63) is 59.1 Å². The first-order valence-electron chi connectivity index (χ1n) is 6.36. The number of carbonyl (C=O) groups excluding carboxylic acids is 1. The van der Waals surface area contributed by atoms with Crippen molar-refractivity contribution in [2.24, 2.45) is 0 Å². The molecule has 0 aromatic heterocycles. The largest absolute Gasteiger partial charge is 0.497 e. The van der Waals surface area contributed by atoms with E-state index in [2.05, 4.69) is 5.32 Å². The molecule has 104 valence electrons. The summed E-state index contributed by atoms with van der Waals surface area (Å²) in [6.45, 7) is 0.591. The Morgan fingerprint density at radius 2 is 1.75 bits per heavy atom. The van der Waals surface area contributed by atoms with Gasteiger partial charge in [0, 0.05) is 29.2 Å². The number of halogens is 1. The molecule has 2 aromatic rings. The van der Waals surface area contributed by atoms with E-state index < -0.39 is 0 Å². The third-order valence-corrected chi connectivity index (χ3v) is 3.19. The van der Waals surface area contributed by atoms with Gasteiger partial charge < -0.3 is 10.1 Å². The van der Waals surface area contributed by atoms with Crippen molar-refractivity contribution in [3.8, 4) is 5.75 Å². The Morgan fingerprint density at radius 1 is 1.10 bits per heavy atom. The van der Waals surface area contributed by atoms with E-state index in [0.717, 1.165) is 11.4 Å². The van der Waals surface area contributed by atoms with Crippen molar-refractivity contribution in [2.45, 2.75) is 6.42 Å². The lowest BCUT2D eigenvalue weighted by Gasteiger charge is -2.07. The molecular weight excluding hydrogens is 274 g/mol. The smallest absolute Gasteiger partial charge is 0.164 e. The van der Waals surface area contributed by atoms with Crippen LogP contribution >= 0.6 is 11.6 Å². The fourth-order valence-corrected chi connectivity index (χ4v) is 1.94. The van der Waals surface area contributed by atoms with Crippen LogP contribution in [0.4, 0.5) is 5.69 Å². The van der Waals surface area contributed by atoms with E-state index in [0.29, 0.717) is 23.6 Å². The van der Waals surface area contributed by atoms with Crippen molar-refractivity contribution in [3.63, 3.8) is 0 Å². The van der Waals surface area contributed by atoms with Gasteiger partial charge in [-0.15, -0.1) is 0 Å². The fraction of sp³-hybridized carbons (Fsp3) is 0.188. The second-order valence-electron chi connectivity index (χ2n) is 4.34. The van der Waals surface area contributed by atoms with Crippen LogP contribution in [0.2, 0.25) is 5.02 Å². The molecule has 0 saturated carbocycles. The second kappa shape index (κ2) is 6.96. The molecule has 0 heterocycles. The Balaban J connectivity index is 1.82. The summed E-state index contributed by atoms with van der Waals surface area (Å²) in [6, 6.07) is 14.6. The standard InChI is InChI=1S/C16H16ClNO2/c1-20-15-8-6-14(7-9-15)18-11-10-16(19)12-2-4-13(17)5-3-12/h2-9,18H,10-11H2,1H3. The molecule has 2 rings (SSSR count). The normalized spacial score (nSPS) is 10.1. The molecule has 0 aliphatic heterocycles. The Morgan fingerprint density at radius 3 is 2.35 bits per heavy atom. The zero-order chi connectivity index (χ0) is 14.4. The van der Waals surface area contributed by atoms with Crippen molar-refractivity contribution >= 4 is 23.1 Å². The number of methoxy groups -OCH3 is 1. The van der Waals surface area contributed by atoms with E-state index in [1.807, 2.05) is 24.3 Å². The number of carbonyl (C=O) groups is 1. The fourth-order valence-electron chi connectivity index (χ4n) is 1.81. The van der Waals surface area contributed by atoms with E-state index in [4.69, 9.17) is 16.3 Å². The van der Waals surface area contributed by atoms with Gasteiger partial charge in [-0.05, 0) is 48.5 Å². The van der Waals surface area contributed by atoms with Crippen molar-refractivity contribution in [1.29, 1.82) is 0 Å². The Kier molecular flexibility index (Phi) is 5.02. The average Bonchev–Trinajstić information content (AvgIpc) is 2.48. The maximum Gasteiger partial charge on any atom is 0.164 e. The van der Waals surface area contributed by atoms with Gasteiger partial charge in [0.15, 0.2) is 5.78 Å². The van der Waals surface area contributed by atoms with Crippen LogP contribution in [0.5, 0.6) is 5.75 Å². The summed E-state index contributed by atoms with van der Waals surface area (Å²) in [5.74, 6) is 0.912. The second-order valence-corrected chi connectivity index (χ2v) is 4.77. The van der Waals surface area contributed by atoms with Crippen LogP contribution in [0.3, 0.4) is 0 Å². The molecule has 0 bridgehead atoms. The predicted molar refractivity (Wildman–Crippen MR) is 81.9 cm³/mol. The van der Waals surface area contributed by atoms with Crippen LogP contribution in [0, 0.1) is 0 Å². The van der Waals surface area contributed by atoms with Gasteiger partial charge in [0.25, 0.3) is 0 Å². The van der Waals surface area contributed by atoms with Gasteiger partial charge in [-0.3, -0.25) is 4.79 Å². The van der Waals surface area contributed by atoms with Crippen LogP contribution in [0.25, 0.3) is 0 Å². The number of ketones is 1. The summed E-state index contributed by atoms with van der Waals surface area (Å²) in [7, 11) is 1.63. The Bertz CT molecular complexity index is 564. The van der Waals surface area contributed by atoms with Gasteiger partial charge in [-0.25, -0.2) is 0 Å². The lowest BCUT2D eigenvalue weighted by atomic mass is 10.1. The number of hydrogen-bond donors (Lipinski definition) is 1. The molecule has 0 aliphatic carbocycles. The van der Waals surface area contributed by atoms with Gasteiger partial charge in [-0.2, -0.15) is 0 Å². The molecule has 0 atom stereocenters. The molecule has 20 heavy (non-hydrogen) atoms. The van der Waals surface area contributed by atoms with Crippen LogP contribution in [0.1, 0.15) is 16.8 Å². The lowest BCUT2D eigenvalue weighted by Crippen LogP contribution is -2.08. The minimum atomic E-state index is 0.0997. The topological polar surface area (TPSA) is 38.3 Å². The van der Waals surface area contributed by atoms with Crippen LogP contribution in [-0.2, 0) is 0 Å². The molecule has 0 spiro atoms. The highest BCUT2D eigenvalue weighted by Crippen LogP contribution is 2.15. The van der Waals surface area contributed by atoms with Gasteiger partial charge in [0.05, 0.1) is 7.11 Å². The van der Waals surface area contributed by atoms with E-state index >= 15 is 0 Å². The lowest BCUT2D eigenvalue weighted by molar-refractivity contribution is 0.0986. The third kappa shape index (κ3) is 4.00. The van der Waals surface area contributed by atoms with E-state index in [1.54, 1.807) is 31.4 Å². The van der Waals surface area contributed by atoms with Crippen LogP contribution in [0.15, 0.2) is 48.5 Å². The summed E-state index contributed by atoms with van der Waals surface area (Å²) in [5, 5.41) is 3.84. The van der Waals surface area contributed by atoms with E-state index in [9.17, 15) is 4.79 Å². The number of rotatable bonds is 6. The minimum Gasteiger partial charge on any atom is -0.497 e. The number of anilines is 1. The molecule has 1 N–H and O–H groups in total. The number of Topliss-reactive ketones (excluding diaryl/α,β-unsaturated/α-hetero) is 1. The quantitative estimate of drug-likeness (QED) is 0.816. The van der Waals surface area contributed by atoms with Gasteiger partial charge >= 0.3 is 0 Å². The summed E-state index contributed by atoms with van der Waals surface area (Å²) >= 11 is 5.79. The van der Waals surface area contributed by atoms with E-state index in [-0.39, 0.29) is 5.78 Å². The zero-order valence-corrected chi connectivity index (χ0v) is 12.0. The van der Waals surface area contributed by atoms with Gasteiger partial charge in [0.1, 0.15) is 5.75 Å². The minimum absolute atomic E-state index is 0.0997. The van der Waals surface area contributed by atoms with Crippen molar-refractivity contribution in [2.75, 3.05) is 19.0 Å². The highest BCUT2D eigenvalue weighted by Gasteiger charge is 2.05. The van der Waals surface area contributed by atoms with Crippen LogP contribution < -0.4 is 10.1 Å². The molecule has 2 aromatic carbocycles. The first kappa shape index (κ1) is 14.4. The summed E-state index contributed by atoms with van der Waals surface area (Å²) in [6.07, 6.45) is 0.438. The first-order chi connectivity index (χ1) is 9.69. The number of ether oxygens (including phenoxy) is 1. The van der Waals surface area contributed by atoms with E-state index in [1.165, 1.54) is 0 Å². The Hall–Kier alpha value is -2.00. The molecule has 4 heteroatoms. The first-order valence-corrected chi connectivity index (χ1v) is 6.73. The predicted octanol–water partition coefficient (Wildman–Crippen LogP) is 4.03. The maximum absolute atomic E-state index is 11.9. The molecule has 0 radical (unpaired) electrons. The molecule has 0 saturated heterocycles. The monoisotopic (exact) mass is 289 g/mol. The summed E-state index contributed by atoms with van der Waals surface area (Å²) in [4.78, 5) is 11.9. The number of nitrogens with one attached hydrogen (secondary N) is 1. The molecular formula is C16H16ClNO2. The number of benzene rings is 2. The van der Waals surface area contributed by atoms with Gasteiger partial charge in [-0.1, -0.05) is 11.6 Å². The zero-order valence-electron chi connectivity index (χ0n) is 11.2. The summed E-state index contributed by atoms with van der Waals surface area (Å²) in [5.41, 5.74) is 1.65. The van der Waals surface area contributed by atoms with Crippen molar-refractivity contribution in [1.82, 2.24) is 0 Å². The Labute approximate surface area is 123 Å².